The van der Waals surface area contributed by atoms with Gasteiger partial charge in [-0.2, -0.15) is 0 Å². The number of aromatic nitrogens is 1. The standard InChI is InChI=1S/C22H22N2O4S/c1-13-17-6-4-5-7-18(17)24-14(2)21(13)22(27)28-12-19(26)20-9-8-16(29-20)10-11-23-15(3)25/h4-9H,10-12H2,1-3H3,(H,23,25). The third kappa shape index (κ3) is 4.86. The molecular weight excluding hydrogens is 388 g/mol. The number of Topliss-reactive ketones (excluding diaryl/α,β-unsaturated/α-hetero) is 1. The number of thiophene rings is 1. The minimum atomic E-state index is -0.547. The highest BCUT2D eigenvalue weighted by molar-refractivity contribution is 7.14. The van der Waals surface area contributed by atoms with Crippen LogP contribution < -0.4 is 5.32 Å². The van der Waals surface area contributed by atoms with Crippen molar-refractivity contribution in [2.75, 3.05) is 13.2 Å². The Morgan fingerprint density at radius 3 is 2.62 bits per heavy atom. The van der Waals surface area contributed by atoms with E-state index in [2.05, 4.69) is 10.3 Å². The summed E-state index contributed by atoms with van der Waals surface area (Å²) in [6.45, 7) is 5.28. The Bertz CT molecular complexity index is 1090. The summed E-state index contributed by atoms with van der Waals surface area (Å²) in [6, 6.07) is 11.2. The first-order chi connectivity index (χ1) is 13.9. The Morgan fingerprint density at radius 2 is 1.86 bits per heavy atom. The number of pyridine rings is 1. The molecule has 0 atom stereocenters. The minimum absolute atomic E-state index is 0.0847. The molecule has 0 fully saturated rings. The van der Waals surface area contributed by atoms with Gasteiger partial charge in [-0.25, -0.2) is 4.79 Å². The van der Waals surface area contributed by atoms with Crippen LogP contribution in [0.4, 0.5) is 0 Å². The first-order valence-electron chi connectivity index (χ1n) is 9.26. The first-order valence-corrected chi connectivity index (χ1v) is 10.1. The van der Waals surface area contributed by atoms with E-state index in [0.29, 0.717) is 29.1 Å². The zero-order valence-electron chi connectivity index (χ0n) is 16.6. The zero-order valence-corrected chi connectivity index (χ0v) is 17.4. The van der Waals surface area contributed by atoms with Crippen LogP contribution in [0.25, 0.3) is 10.9 Å². The van der Waals surface area contributed by atoms with Gasteiger partial charge in [0.05, 0.1) is 21.7 Å². The summed E-state index contributed by atoms with van der Waals surface area (Å²) in [5, 5.41) is 3.61. The van der Waals surface area contributed by atoms with E-state index in [4.69, 9.17) is 4.74 Å². The highest BCUT2D eigenvalue weighted by Crippen LogP contribution is 2.23. The smallest absolute Gasteiger partial charge is 0.340 e. The second-order valence-electron chi connectivity index (χ2n) is 6.71. The SMILES string of the molecule is CC(=O)NCCc1ccc(C(=O)COC(=O)c2c(C)nc3ccccc3c2C)s1. The van der Waals surface area contributed by atoms with E-state index in [1.807, 2.05) is 37.3 Å². The number of benzene rings is 1. The fraction of sp³-hybridized carbons (Fsp3) is 0.273. The number of hydrogen-bond acceptors (Lipinski definition) is 6. The Balaban J connectivity index is 1.65. The molecule has 0 saturated heterocycles. The lowest BCUT2D eigenvalue weighted by atomic mass is 10.0. The molecule has 0 unspecified atom stereocenters. The molecule has 7 heteroatoms. The number of nitrogens with zero attached hydrogens (tertiary/aromatic N) is 1. The Morgan fingerprint density at radius 1 is 1.10 bits per heavy atom. The highest BCUT2D eigenvalue weighted by Gasteiger charge is 2.19. The summed E-state index contributed by atoms with van der Waals surface area (Å²) >= 11 is 1.34. The van der Waals surface area contributed by atoms with Gasteiger partial charge < -0.3 is 10.1 Å². The number of fused-ring (bicyclic) bond motifs is 1. The van der Waals surface area contributed by atoms with E-state index < -0.39 is 5.97 Å². The summed E-state index contributed by atoms with van der Waals surface area (Å²) in [6.07, 6.45) is 0.651. The number of hydrogen-bond donors (Lipinski definition) is 1. The van der Waals surface area contributed by atoms with Gasteiger partial charge in [-0.3, -0.25) is 14.6 Å². The Hall–Kier alpha value is -3.06. The van der Waals surface area contributed by atoms with E-state index in [1.54, 1.807) is 13.0 Å². The molecule has 1 amide bonds. The van der Waals surface area contributed by atoms with E-state index in [9.17, 15) is 14.4 Å². The van der Waals surface area contributed by atoms with E-state index in [0.717, 1.165) is 21.3 Å². The van der Waals surface area contributed by atoms with Crippen molar-refractivity contribution in [1.29, 1.82) is 0 Å². The molecule has 1 aromatic carbocycles. The predicted molar refractivity (Wildman–Crippen MR) is 113 cm³/mol. The molecule has 6 nitrogen and oxygen atoms in total. The number of carbonyl (C=O) groups excluding carboxylic acids is 3. The number of carbonyl (C=O) groups is 3. The first kappa shape index (κ1) is 20.7. The molecule has 0 aliphatic carbocycles. The van der Waals surface area contributed by atoms with Crippen molar-refractivity contribution in [3.05, 3.63) is 63.0 Å². The lowest BCUT2D eigenvalue weighted by Gasteiger charge is -2.11. The number of amides is 1. The second kappa shape index (κ2) is 8.96. The third-order valence-corrected chi connectivity index (χ3v) is 5.74. The quantitative estimate of drug-likeness (QED) is 0.475. The van der Waals surface area contributed by atoms with Gasteiger partial charge >= 0.3 is 5.97 Å². The number of ketones is 1. The summed E-state index contributed by atoms with van der Waals surface area (Å²) in [4.78, 5) is 41.9. The topological polar surface area (TPSA) is 85.4 Å². The van der Waals surface area contributed by atoms with Crippen molar-refractivity contribution in [3.8, 4) is 0 Å². The van der Waals surface area contributed by atoms with Crippen LogP contribution in [0, 0.1) is 13.8 Å². The molecule has 150 valence electrons. The summed E-state index contributed by atoms with van der Waals surface area (Å²) in [7, 11) is 0. The number of rotatable bonds is 7. The van der Waals surface area contributed by atoms with Gasteiger partial charge in [0.25, 0.3) is 0 Å². The van der Waals surface area contributed by atoms with Crippen molar-refractivity contribution in [2.24, 2.45) is 0 Å². The van der Waals surface area contributed by atoms with Gasteiger partial charge in [0.15, 0.2) is 6.61 Å². The van der Waals surface area contributed by atoms with Crippen LogP contribution in [0.2, 0.25) is 0 Å². The highest BCUT2D eigenvalue weighted by atomic mass is 32.1. The zero-order chi connectivity index (χ0) is 21.0. The van der Waals surface area contributed by atoms with Gasteiger partial charge in [0.1, 0.15) is 0 Å². The maximum absolute atomic E-state index is 12.6. The molecule has 29 heavy (non-hydrogen) atoms. The summed E-state index contributed by atoms with van der Waals surface area (Å²) < 4.78 is 5.30. The molecule has 3 aromatic rings. The second-order valence-corrected chi connectivity index (χ2v) is 7.88. The van der Waals surface area contributed by atoms with Gasteiger partial charge in [-0.1, -0.05) is 18.2 Å². The maximum atomic E-state index is 12.6. The monoisotopic (exact) mass is 410 g/mol. The molecule has 0 aliphatic heterocycles. The van der Waals surface area contributed by atoms with Crippen molar-refractivity contribution in [3.63, 3.8) is 0 Å². The molecule has 0 saturated carbocycles. The van der Waals surface area contributed by atoms with E-state index in [1.165, 1.54) is 18.3 Å². The van der Waals surface area contributed by atoms with Gasteiger partial charge in [0, 0.05) is 23.7 Å². The lowest BCUT2D eigenvalue weighted by molar-refractivity contribution is -0.118. The Kier molecular flexibility index (Phi) is 6.39. The number of para-hydroxylation sites is 1. The Labute approximate surface area is 172 Å². The van der Waals surface area contributed by atoms with Crippen molar-refractivity contribution >= 4 is 39.9 Å². The molecule has 0 bridgehead atoms. The predicted octanol–water partition coefficient (Wildman–Crippen LogP) is 3.63. The molecule has 1 N–H and O–H groups in total. The average molecular weight is 410 g/mol. The average Bonchev–Trinajstić information content (AvgIpc) is 3.15. The van der Waals surface area contributed by atoms with Crippen LogP contribution >= 0.6 is 11.3 Å². The van der Waals surface area contributed by atoms with Crippen molar-refractivity contribution in [2.45, 2.75) is 27.2 Å². The number of esters is 1. The van der Waals surface area contributed by atoms with Crippen molar-refractivity contribution in [1.82, 2.24) is 10.3 Å². The number of ether oxygens (including phenoxy) is 1. The molecule has 2 aromatic heterocycles. The molecular formula is C22H22N2O4S. The molecule has 0 radical (unpaired) electrons. The fourth-order valence-corrected chi connectivity index (χ4v) is 4.06. The molecule has 2 heterocycles. The molecule has 3 rings (SSSR count). The lowest BCUT2D eigenvalue weighted by Crippen LogP contribution is -2.22. The molecule has 0 spiro atoms. The summed E-state index contributed by atoms with van der Waals surface area (Å²) in [5.74, 6) is -0.884. The largest absolute Gasteiger partial charge is 0.454 e. The van der Waals surface area contributed by atoms with Crippen LogP contribution in [-0.2, 0) is 16.0 Å². The minimum Gasteiger partial charge on any atom is -0.454 e. The maximum Gasteiger partial charge on any atom is 0.340 e. The summed E-state index contributed by atoms with van der Waals surface area (Å²) in [5.41, 5.74) is 2.59. The van der Waals surface area contributed by atoms with E-state index in [-0.39, 0.29) is 18.3 Å². The number of nitrogens with one attached hydrogen (secondary N) is 1. The van der Waals surface area contributed by atoms with Crippen LogP contribution in [0.15, 0.2) is 36.4 Å². The van der Waals surface area contributed by atoms with E-state index >= 15 is 0 Å². The third-order valence-electron chi connectivity index (χ3n) is 4.55. The van der Waals surface area contributed by atoms with Gasteiger partial charge in [0.2, 0.25) is 11.7 Å². The van der Waals surface area contributed by atoms with Crippen LogP contribution in [0.3, 0.4) is 0 Å². The van der Waals surface area contributed by atoms with Crippen LogP contribution in [-0.4, -0.2) is 35.8 Å². The fourth-order valence-electron chi connectivity index (χ4n) is 3.13. The molecule has 0 aliphatic rings. The van der Waals surface area contributed by atoms with Crippen LogP contribution in [0.1, 0.15) is 43.1 Å². The van der Waals surface area contributed by atoms with Gasteiger partial charge in [-0.05, 0) is 44.0 Å². The van der Waals surface area contributed by atoms with Gasteiger partial charge in [-0.15, -0.1) is 11.3 Å². The number of aryl methyl sites for hydroxylation is 2. The van der Waals surface area contributed by atoms with Crippen molar-refractivity contribution < 1.29 is 19.1 Å². The normalized spacial score (nSPS) is 10.7. The van der Waals surface area contributed by atoms with Crippen LogP contribution in [0.5, 0.6) is 0 Å².